The molecule has 2 fully saturated rings. The summed E-state index contributed by atoms with van der Waals surface area (Å²) >= 11 is 0. The Bertz CT molecular complexity index is 740. The molecule has 1 aromatic carbocycles. The minimum atomic E-state index is -0.255. The highest BCUT2D eigenvalue weighted by atomic mass is 16.6. The van der Waals surface area contributed by atoms with Gasteiger partial charge in [0.1, 0.15) is 18.8 Å². The molecule has 1 saturated carbocycles. The fraction of sp³-hybridized carbons (Fsp3) is 0.526. The van der Waals surface area contributed by atoms with Crippen LogP contribution in [0.1, 0.15) is 42.6 Å². The van der Waals surface area contributed by atoms with E-state index in [4.69, 9.17) is 9.47 Å². The lowest BCUT2D eigenvalue weighted by molar-refractivity contribution is -0.243. The molecule has 0 unspecified atom stereocenters. The van der Waals surface area contributed by atoms with Crippen LogP contribution in [0.5, 0.6) is 0 Å². The van der Waals surface area contributed by atoms with Gasteiger partial charge in [0.25, 0.3) is 0 Å². The first kappa shape index (κ1) is 16.3. The topological polar surface area (TPSA) is 66.2 Å². The first-order valence-corrected chi connectivity index (χ1v) is 8.79. The van der Waals surface area contributed by atoms with E-state index < -0.39 is 0 Å². The maximum Gasteiger partial charge on any atom is 0.338 e. The number of esters is 1. The van der Waals surface area contributed by atoms with Crippen LogP contribution in [-0.4, -0.2) is 39.5 Å². The average molecular weight is 341 g/mol. The van der Waals surface area contributed by atoms with Crippen molar-refractivity contribution < 1.29 is 14.3 Å². The van der Waals surface area contributed by atoms with Crippen molar-refractivity contribution in [3.8, 4) is 0 Å². The molecule has 4 rings (SSSR count). The Labute approximate surface area is 147 Å². The Morgan fingerprint density at radius 3 is 2.88 bits per heavy atom. The van der Waals surface area contributed by atoms with E-state index in [0.717, 1.165) is 25.0 Å². The predicted molar refractivity (Wildman–Crippen MR) is 91.0 cm³/mol. The normalized spacial score (nSPS) is 27.2. The molecule has 132 valence electrons. The summed E-state index contributed by atoms with van der Waals surface area (Å²) in [6, 6.07) is 7.48. The van der Waals surface area contributed by atoms with Gasteiger partial charge in [-0.1, -0.05) is 26.0 Å². The quantitative estimate of drug-likeness (QED) is 0.800. The molecule has 6 heteroatoms. The van der Waals surface area contributed by atoms with Crippen molar-refractivity contribution in [3.05, 3.63) is 48.0 Å². The van der Waals surface area contributed by atoms with Gasteiger partial charge in [-0.05, 0) is 30.5 Å². The number of aromatic nitrogens is 3. The summed E-state index contributed by atoms with van der Waals surface area (Å²) in [4.78, 5) is 16.5. The van der Waals surface area contributed by atoms with Crippen molar-refractivity contribution in [1.82, 2.24) is 14.8 Å². The summed E-state index contributed by atoms with van der Waals surface area (Å²) in [5, 5.41) is 4.08. The van der Waals surface area contributed by atoms with Crippen LogP contribution in [0, 0.1) is 11.3 Å². The molecule has 0 amide bonds. The van der Waals surface area contributed by atoms with Gasteiger partial charge in [0.2, 0.25) is 0 Å². The number of nitrogens with zero attached hydrogens (tertiary/aromatic N) is 3. The Morgan fingerprint density at radius 2 is 2.16 bits per heavy atom. The summed E-state index contributed by atoms with van der Waals surface area (Å²) in [5.74, 6) is 0.0775. The zero-order chi connectivity index (χ0) is 17.4. The number of hydrogen-bond donors (Lipinski definition) is 0. The summed E-state index contributed by atoms with van der Waals surface area (Å²) in [7, 11) is 0. The number of hydrogen-bond acceptors (Lipinski definition) is 5. The van der Waals surface area contributed by atoms with Crippen molar-refractivity contribution in [1.29, 1.82) is 0 Å². The number of carbonyl (C=O) groups is 1. The first-order chi connectivity index (χ1) is 12.1. The Morgan fingerprint density at radius 1 is 1.36 bits per heavy atom. The fourth-order valence-corrected chi connectivity index (χ4v) is 4.15. The summed E-state index contributed by atoms with van der Waals surface area (Å²) < 4.78 is 13.5. The van der Waals surface area contributed by atoms with Crippen molar-refractivity contribution in [2.45, 2.75) is 45.4 Å². The van der Waals surface area contributed by atoms with Crippen molar-refractivity contribution >= 4 is 5.97 Å². The molecule has 6 nitrogen and oxygen atoms in total. The molecule has 25 heavy (non-hydrogen) atoms. The fourth-order valence-electron chi connectivity index (χ4n) is 4.15. The summed E-state index contributed by atoms with van der Waals surface area (Å²) in [6.45, 7) is 5.70. The van der Waals surface area contributed by atoms with E-state index in [-0.39, 0.29) is 23.6 Å². The molecule has 0 bridgehead atoms. The van der Waals surface area contributed by atoms with Crippen LogP contribution in [0.4, 0.5) is 0 Å². The van der Waals surface area contributed by atoms with E-state index >= 15 is 0 Å². The highest BCUT2D eigenvalue weighted by Gasteiger charge is 2.60. The Kier molecular flexibility index (Phi) is 4.07. The van der Waals surface area contributed by atoms with Gasteiger partial charge in [-0.3, -0.25) is 0 Å². The van der Waals surface area contributed by atoms with Gasteiger partial charge >= 0.3 is 5.97 Å². The molecule has 2 aromatic rings. The van der Waals surface area contributed by atoms with Gasteiger partial charge in [0, 0.05) is 17.9 Å². The number of fused-ring (bicyclic) bond motifs is 1. The lowest BCUT2D eigenvalue weighted by Gasteiger charge is -2.58. The van der Waals surface area contributed by atoms with Gasteiger partial charge < -0.3 is 9.47 Å². The monoisotopic (exact) mass is 341 g/mol. The maximum absolute atomic E-state index is 12.5. The molecule has 2 aliphatic rings. The van der Waals surface area contributed by atoms with Crippen molar-refractivity contribution in [2.75, 3.05) is 6.61 Å². The highest BCUT2D eigenvalue weighted by Crippen LogP contribution is 2.53. The minimum Gasteiger partial charge on any atom is -0.458 e. The van der Waals surface area contributed by atoms with Gasteiger partial charge in [0.05, 0.1) is 18.2 Å². The lowest BCUT2D eigenvalue weighted by Crippen LogP contribution is -2.65. The minimum absolute atomic E-state index is 0.0693. The molecule has 1 aromatic heterocycles. The zero-order valence-corrected chi connectivity index (χ0v) is 14.6. The summed E-state index contributed by atoms with van der Waals surface area (Å²) in [5.41, 5.74) is 1.53. The molecule has 0 N–H and O–H groups in total. The van der Waals surface area contributed by atoms with E-state index in [1.165, 1.54) is 6.33 Å². The molecule has 2 heterocycles. The largest absolute Gasteiger partial charge is 0.458 e. The van der Waals surface area contributed by atoms with Crippen molar-refractivity contribution in [3.63, 3.8) is 0 Å². The standard InChI is InChI=1S/C19H23N3O3/c1-19(2)16-15(4-3-9-24-16)17(19)25-18(23)14-7-5-13(6-8-14)10-22-12-20-11-21-22/h5-8,11-12,15-17H,3-4,9-10H2,1-2H3/t15-,16+,17-/m0/s1. The Hall–Kier alpha value is -2.21. The zero-order valence-electron chi connectivity index (χ0n) is 14.6. The van der Waals surface area contributed by atoms with Crippen molar-refractivity contribution in [2.24, 2.45) is 11.3 Å². The van der Waals surface area contributed by atoms with E-state index in [2.05, 4.69) is 23.9 Å². The molecular weight excluding hydrogens is 318 g/mol. The van der Waals surface area contributed by atoms with Crippen LogP contribution >= 0.6 is 0 Å². The van der Waals surface area contributed by atoms with Crippen LogP contribution in [0.2, 0.25) is 0 Å². The summed E-state index contributed by atoms with van der Waals surface area (Å²) in [6.07, 6.45) is 5.44. The third kappa shape index (κ3) is 2.95. The van der Waals surface area contributed by atoms with Gasteiger partial charge in [-0.2, -0.15) is 5.10 Å². The SMILES string of the molecule is CC1(C)[C@@H]2OCCC[C@@H]2[C@@H]1OC(=O)c1ccc(Cn2cncn2)cc1. The van der Waals surface area contributed by atoms with Gasteiger partial charge in [-0.25, -0.2) is 14.5 Å². The smallest absolute Gasteiger partial charge is 0.338 e. The molecule has 1 aliphatic heterocycles. The predicted octanol–water partition coefficient (Wildman–Crippen LogP) is 2.69. The van der Waals surface area contributed by atoms with Crippen LogP contribution in [0.3, 0.4) is 0 Å². The number of benzene rings is 1. The Balaban J connectivity index is 1.41. The molecule has 3 atom stereocenters. The molecule has 1 saturated heterocycles. The third-order valence-corrected chi connectivity index (χ3v) is 5.46. The van der Waals surface area contributed by atoms with Crippen LogP contribution in [0.15, 0.2) is 36.9 Å². The second-order valence-corrected chi connectivity index (χ2v) is 7.53. The maximum atomic E-state index is 12.5. The highest BCUT2D eigenvalue weighted by molar-refractivity contribution is 5.89. The molecular formula is C19H23N3O3. The third-order valence-electron chi connectivity index (χ3n) is 5.46. The first-order valence-electron chi connectivity index (χ1n) is 8.79. The van der Waals surface area contributed by atoms with Gasteiger partial charge in [0.15, 0.2) is 0 Å². The number of ether oxygens (including phenoxy) is 2. The van der Waals surface area contributed by atoms with E-state index in [9.17, 15) is 4.79 Å². The van der Waals surface area contributed by atoms with Crippen LogP contribution in [0.25, 0.3) is 0 Å². The van der Waals surface area contributed by atoms with E-state index in [1.807, 2.05) is 24.3 Å². The van der Waals surface area contributed by atoms with E-state index in [1.54, 1.807) is 11.0 Å². The molecule has 1 aliphatic carbocycles. The van der Waals surface area contributed by atoms with Crippen LogP contribution < -0.4 is 0 Å². The molecule has 0 spiro atoms. The molecule has 0 radical (unpaired) electrons. The van der Waals surface area contributed by atoms with Crippen LogP contribution in [-0.2, 0) is 16.0 Å². The van der Waals surface area contributed by atoms with E-state index in [0.29, 0.717) is 18.0 Å². The second-order valence-electron chi connectivity index (χ2n) is 7.53. The van der Waals surface area contributed by atoms with Gasteiger partial charge in [-0.15, -0.1) is 0 Å². The number of carbonyl (C=O) groups excluding carboxylic acids is 1. The number of rotatable bonds is 4. The second kappa shape index (κ2) is 6.26. The average Bonchev–Trinajstić information content (AvgIpc) is 3.13. The lowest BCUT2D eigenvalue weighted by atomic mass is 9.57.